The zero-order valence-corrected chi connectivity index (χ0v) is 14.9. The van der Waals surface area contributed by atoms with Crippen molar-refractivity contribution in [3.05, 3.63) is 65.2 Å². The van der Waals surface area contributed by atoms with Crippen LogP contribution in [0.4, 0.5) is 0 Å². The Morgan fingerprint density at radius 2 is 1.59 bits per heavy atom. The van der Waals surface area contributed by atoms with Crippen molar-refractivity contribution in [2.24, 2.45) is 0 Å². The Morgan fingerprint density at radius 1 is 1.00 bits per heavy atom. The van der Waals surface area contributed by atoms with Crippen LogP contribution in [0.15, 0.2) is 59.5 Å². The van der Waals surface area contributed by atoms with Gasteiger partial charge in [0.15, 0.2) is 0 Å². The molecule has 116 valence electrons. The van der Waals surface area contributed by atoms with E-state index in [9.17, 15) is 4.79 Å². The summed E-state index contributed by atoms with van der Waals surface area (Å²) in [4.78, 5) is 13.1. The van der Waals surface area contributed by atoms with Crippen molar-refractivity contribution < 1.29 is 4.79 Å². The Labute approximate surface area is 153 Å². The summed E-state index contributed by atoms with van der Waals surface area (Å²) >= 11 is 25.0. The van der Waals surface area contributed by atoms with Crippen molar-refractivity contribution >= 4 is 64.1 Å². The molecule has 0 heterocycles. The smallest absolute Gasteiger partial charge is 0.252 e. The lowest BCUT2D eigenvalue weighted by atomic mass is 10.2. The average Bonchev–Trinajstić information content (AvgIpc) is 2.48. The number of carbonyl (C=O) groups is 1. The maximum absolute atomic E-state index is 12.2. The molecule has 0 radical (unpaired) electrons. The van der Waals surface area contributed by atoms with Gasteiger partial charge in [0.25, 0.3) is 5.91 Å². The molecule has 0 fully saturated rings. The first kappa shape index (κ1) is 17.8. The number of carbonyl (C=O) groups excluding carboxylic acids is 1. The van der Waals surface area contributed by atoms with Crippen LogP contribution in [0.1, 0.15) is 10.4 Å². The Hall–Kier alpha value is -0.580. The predicted molar refractivity (Wildman–Crippen MR) is 95.3 cm³/mol. The number of alkyl halides is 3. The highest BCUT2D eigenvalue weighted by molar-refractivity contribution is 8.00. The highest BCUT2D eigenvalue weighted by Gasteiger charge is 2.35. The van der Waals surface area contributed by atoms with Crippen LogP contribution in [0.5, 0.6) is 0 Å². The monoisotopic (exact) mass is 393 g/mol. The molecule has 1 amide bonds. The van der Waals surface area contributed by atoms with E-state index < -0.39 is 9.17 Å². The van der Waals surface area contributed by atoms with Crippen molar-refractivity contribution in [3.63, 3.8) is 0 Å². The van der Waals surface area contributed by atoms with Gasteiger partial charge in [0.1, 0.15) is 5.37 Å². The van der Waals surface area contributed by atoms with Gasteiger partial charge in [0.2, 0.25) is 3.79 Å². The number of nitrogens with one attached hydrogen (secondary N) is 1. The molecule has 0 unspecified atom stereocenters. The van der Waals surface area contributed by atoms with Crippen LogP contribution in [-0.2, 0) is 0 Å². The SMILES string of the molecule is O=C(N[C@@H](Sc1ccc(Cl)cc1)C(Cl)(Cl)Cl)c1ccccc1. The summed E-state index contributed by atoms with van der Waals surface area (Å²) in [6.45, 7) is 0. The second kappa shape index (κ2) is 7.80. The van der Waals surface area contributed by atoms with Gasteiger partial charge in [-0.15, -0.1) is 0 Å². The molecule has 0 aliphatic heterocycles. The molecule has 0 spiro atoms. The number of hydrogen-bond acceptors (Lipinski definition) is 2. The third kappa shape index (κ3) is 5.25. The minimum Gasteiger partial charge on any atom is -0.336 e. The topological polar surface area (TPSA) is 29.1 Å². The van der Waals surface area contributed by atoms with Crippen molar-refractivity contribution in [2.45, 2.75) is 14.1 Å². The zero-order valence-electron chi connectivity index (χ0n) is 11.1. The second-order valence-electron chi connectivity index (χ2n) is 4.33. The van der Waals surface area contributed by atoms with E-state index >= 15 is 0 Å². The lowest BCUT2D eigenvalue weighted by Gasteiger charge is -2.25. The fraction of sp³-hybridized carbons (Fsp3) is 0.133. The quantitative estimate of drug-likeness (QED) is 0.417. The standard InChI is InChI=1S/C15H11Cl4NOS/c16-11-6-8-12(9-7-11)22-14(15(17,18)19)20-13(21)10-4-2-1-3-5-10/h1-9,14H,(H,20,21)/t14-/m0/s1. The largest absolute Gasteiger partial charge is 0.336 e. The van der Waals surface area contributed by atoms with Gasteiger partial charge in [-0.2, -0.15) is 0 Å². The Balaban J connectivity index is 2.13. The van der Waals surface area contributed by atoms with Gasteiger partial charge in [-0.3, -0.25) is 4.79 Å². The number of halogens is 4. The summed E-state index contributed by atoms with van der Waals surface area (Å²) in [5.41, 5.74) is 0.499. The zero-order chi connectivity index (χ0) is 16.2. The molecule has 2 rings (SSSR count). The van der Waals surface area contributed by atoms with E-state index in [1.807, 2.05) is 6.07 Å². The molecule has 2 nitrogen and oxygen atoms in total. The van der Waals surface area contributed by atoms with E-state index in [0.717, 1.165) is 4.90 Å². The lowest BCUT2D eigenvalue weighted by molar-refractivity contribution is 0.0950. The van der Waals surface area contributed by atoms with E-state index in [-0.39, 0.29) is 5.91 Å². The highest BCUT2D eigenvalue weighted by Crippen LogP contribution is 2.39. The molecule has 0 bridgehead atoms. The maximum atomic E-state index is 12.2. The third-order valence-corrected chi connectivity index (χ3v) is 5.21. The van der Waals surface area contributed by atoms with Crippen LogP contribution in [0, 0.1) is 0 Å². The second-order valence-corrected chi connectivity index (χ2v) is 8.32. The lowest BCUT2D eigenvalue weighted by Crippen LogP contribution is -2.41. The molecule has 1 N–H and O–H groups in total. The average molecular weight is 395 g/mol. The summed E-state index contributed by atoms with van der Waals surface area (Å²) in [7, 11) is 0. The van der Waals surface area contributed by atoms with Crippen LogP contribution in [0.25, 0.3) is 0 Å². The molecule has 0 saturated heterocycles. The van der Waals surface area contributed by atoms with Crippen molar-refractivity contribution in [3.8, 4) is 0 Å². The van der Waals surface area contributed by atoms with E-state index in [2.05, 4.69) is 5.32 Å². The minimum atomic E-state index is -1.66. The molecule has 0 aromatic heterocycles. The van der Waals surface area contributed by atoms with Crippen molar-refractivity contribution in [1.29, 1.82) is 0 Å². The van der Waals surface area contributed by atoms with Gasteiger partial charge in [0, 0.05) is 15.5 Å². The van der Waals surface area contributed by atoms with Gasteiger partial charge < -0.3 is 5.32 Å². The van der Waals surface area contributed by atoms with Crippen LogP contribution < -0.4 is 5.32 Å². The molecule has 2 aromatic carbocycles. The summed E-state index contributed by atoms with van der Waals surface area (Å²) in [5, 5.41) is 2.60. The number of amides is 1. The molecule has 7 heteroatoms. The van der Waals surface area contributed by atoms with E-state index in [0.29, 0.717) is 10.6 Å². The first-order valence-electron chi connectivity index (χ1n) is 6.21. The van der Waals surface area contributed by atoms with Crippen LogP contribution in [0.2, 0.25) is 5.02 Å². The van der Waals surface area contributed by atoms with Crippen molar-refractivity contribution in [2.75, 3.05) is 0 Å². The molecular weight excluding hydrogens is 384 g/mol. The number of thioether (sulfide) groups is 1. The van der Waals surface area contributed by atoms with Crippen LogP contribution >= 0.6 is 58.2 Å². The van der Waals surface area contributed by atoms with E-state index in [1.54, 1.807) is 48.5 Å². The molecular formula is C15H11Cl4NOS. The summed E-state index contributed by atoms with van der Waals surface area (Å²) in [6.07, 6.45) is 0. The number of benzene rings is 2. The number of hydrogen-bond donors (Lipinski definition) is 1. The summed E-state index contributed by atoms with van der Waals surface area (Å²) in [5.74, 6) is -0.307. The van der Waals surface area contributed by atoms with Crippen LogP contribution in [0.3, 0.4) is 0 Å². The Kier molecular flexibility index (Phi) is 6.30. The Bertz CT molecular complexity index is 628. The minimum absolute atomic E-state index is 0.307. The Morgan fingerprint density at radius 3 is 2.14 bits per heavy atom. The van der Waals surface area contributed by atoms with Gasteiger partial charge in [-0.05, 0) is 36.4 Å². The fourth-order valence-electron chi connectivity index (χ4n) is 1.62. The molecule has 2 aromatic rings. The molecule has 0 aliphatic rings. The molecule has 0 saturated carbocycles. The van der Waals surface area contributed by atoms with Crippen LogP contribution in [-0.4, -0.2) is 15.1 Å². The van der Waals surface area contributed by atoms with Gasteiger partial charge in [0.05, 0.1) is 0 Å². The maximum Gasteiger partial charge on any atom is 0.252 e. The first-order valence-corrected chi connectivity index (χ1v) is 8.60. The summed E-state index contributed by atoms with van der Waals surface area (Å²) in [6, 6.07) is 15.8. The molecule has 0 aliphatic carbocycles. The van der Waals surface area contributed by atoms with Crippen molar-refractivity contribution in [1.82, 2.24) is 5.32 Å². The molecule has 1 atom stereocenters. The van der Waals surface area contributed by atoms with Gasteiger partial charge in [-0.1, -0.05) is 76.4 Å². The fourth-order valence-corrected chi connectivity index (χ4v) is 3.17. The molecule has 22 heavy (non-hydrogen) atoms. The highest BCUT2D eigenvalue weighted by atomic mass is 35.6. The van der Waals surface area contributed by atoms with Gasteiger partial charge in [-0.25, -0.2) is 0 Å². The normalized spacial score (nSPS) is 12.7. The third-order valence-electron chi connectivity index (χ3n) is 2.66. The number of rotatable bonds is 4. The van der Waals surface area contributed by atoms with Gasteiger partial charge >= 0.3 is 0 Å². The van der Waals surface area contributed by atoms with E-state index in [4.69, 9.17) is 46.4 Å². The summed E-state index contributed by atoms with van der Waals surface area (Å²) < 4.78 is -1.66. The predicted octanol–water partition coefficient (Wildman–Crippen LogP) is 5.56. The first-order chi connectivity index (χ1) is 10.4. The van der Waals surface area contributed by atoms with E-state index in [1.165, 1.54) is 11.8 Å².